The summed E-state index contributed by atoms with van der Waals surface area (Å²) in [7, 11) is 0. The minimum atomic E-state index is -2.72. The molecule has 7 heteroatoms. The normalized spacial score (nSPS) is 20.2. The second kappa shape index (κ2) is 6.72. The SMILES string of the molecule is O=C(O)COc1ccc(C(=O)NC2CCCC(F)(F)C2)cc1. The quantitative estimate of drug-likeness (QED) is 0.875. The number of ether oxygens (including phenoxy) is 1. The predicted molar refractivity (Wildman–Crippen MR) is 74.2 cm³/mol. The van der Waals surface area contributed by atoms with E-state index in [1.807, 2.05) is 0 Å². The minimum Gasteiger partial charge on any atom is -0.482 e. The highest BCUT2D eigenvalue weighted by atomic mass is 19.3. The van der Waals surface area contributed by atoms with Gasteiger partial charge in [0.15, 0.2) is 6.61 Å². The number of benzene rings is 1. The molecule has 1 aliphatic carbocycles. The van der Waals surface area contributed by atoms with Gasteiger partial charge in [0.2, 0.25) is 5.92 Å². The van der Waals surface area contributed by atoms with Crippen LogP contribution in [-0.2, 0) is 4.79 Å². The monoisotopic (exact) mass is 313 g/mol. The first-order valence-electron chi connectivity index (χ1n) is 6.99. The fourth-order valence-electron chi connectivity index (χ4n) is 2.41. The number of nitrogens with one attached hydrogen (secondary N) is 1. The summed E-state index contributed by atoms with van der Waals surface area (Å²) < 4.78 is 31.5. The molecule has 2 rings (SSSR count). The molecule has 0 bridgehead atoms. The first-order chi connectivity index (χ1) is 10.4. The molecular weight excluding hydrogens is 296 g/mol. The fourth-order valence-corrected chi connectivity index (χ4v) is 2.41. The smallest absolute Gasteiger partial charge is 0.341 e. The van der Waals surface area contributed by atoms with Crippen molar-refractivity contribution in [3.05, 3.63) is 29.8 Å². The number of hydrogen-bond acceptors (Lipinski definition) is 3. The van der Waals surface area contributed by atoms with Crippen molar-refractivity contribution >= 4 is 11.9 Å². The van der Waals surface area contributed by atoms with Gasteiger partial charge in [-0.25, -0.2) is 13.6 Å². The summed E-state index contributed by atoms with van der Waals surface area (Å²) in [5, 5.41) is 11.1. The third kappa shape index (κ3) is 4.68. The molecule has 0 heterocycles. The maximum absolute atomic E-state index is 13.3. The summed E-state index contributed by atoms with van der Waals surface area (Å²) in [5.41, 5.74) is 0.316. The topological polar surface area (TPSA) is 75.6 Å². The molecule has 1 aromatic rings. The van der Waals surface area contributed by atoms with Gasteiger partial charge in [-0.15, -0.1) is 0 Å². The van der Waals surface area contributed by atoms with Crippen LogP contribution in [0.5, 0.6) is 5.75 Å². The van der Waals surface area contributed by atoms with Crippen molar-refractivity contribution in [1.29, 1.82) is 0 Å². The molecule has 1 atom stereocenters. The van der Waals surface area contributed by atoms with Crippen molar-refractivity contribution in [1.82, 2.24) is 5.32 Å². The second-order valence-corrected chi connectivity index (χ2v) is 5.33. The van der Waals surface area contributed by atoms with E-state index < -0.39 is 30.4 Å². The molecule has 1 aromatic carbocycles. The van der Waals surface area contributed by atoms with Crippen LogP contribution in [-0.4, -0.2) is 35.6 Å². The van der Waals surface area contributed by atoms with Crippen LogP contribution in [0, 0.1) is 0 Å². The molecule has 1 unspecified atom stereocenters. The van der Waals surface area contributed by atoms with Crippen LogP contribution in [0.4, 0.5) is 8.78 Å². The third-order valence-electron chi connectivity index (χ3n) is 3.45. The third-order valence-corrected chi connectivity index (χ3v) is 3.45. The molecule has 1 fully saturated rings. The molecule has 0 aliphatic heterocycles. The Balaban J connectivity index is 1.91. The van der Waals surface area contributed by atoms with E-state index in [1.165, 1.54) is 24.3 Å². The number of carbonyl (C=O) groups is 2. The molecule has 1 amide bonds. The Bertz CT molecular complexity index is 545. The Morgan fingerprint density at radius 3 is 2.59 bits per heavy atom. The van der Waals surface area contributed by atoms with E-state index in [0.717, 1.165) is 0 Å². The van der Waals surface area contributed by atoms with Crippen LogP contribution in [0.2, 0.25) is 0 Å². The number of hydrogen-bond donors (Lipinski definition) is 2. The minimum absolute atomic E-state index is 0.130. The van der Waals surface area contributed by atoms with Crippen LogP contribution >= 0.6 is 0 Å². The lowest BCUT2D eigenvalue weighted by atomic mass is 9.92. The average molecular weight is 313 g/mol. The molecule has 0 aromatic heterocycles. The Hall–Kier alpha value is -2.18. The zero-order valence-electron chi connectivity index (χ0n) is 11.9. The molecule has 2 N–H and O–H groups in total. The van der Waals surface area contributed by atoms with Gasteiger partial charge in [-0.3, -0.25) is 4.79 Å². The van der Waals surface area contributed by atoms with Gasteiger partial charge in [0.25, 0.3) is 5.91 Å². The van der Waals surface area contributed by atoms with E-state index in [0.29, 0.717) is 24.2 Å². The molecule has 1 aliphatic rings. The second-order valence-electron chi connectivity index (χ2n) is 5.33. The summed E-state index contributed by atoms with van der Waals surface area (Å²) in [5.74, 6) is -3.92. The molecule has 0 saturated heterocycles. The van der Waals surface area contributed by atoms with Gasteiger partial charge in [-0.1, -0.05) is 0 Å². The number of carbonyl (C=O) groups excluding carboxylic acids is 1. The fraction of sp³-hybridized carbons (Fsp3) is 0.467. The highest BCUT2D eigenvalue weighted by molar-refractivity contribution is 5.94. The molecule has 22 heavy (non-hydrogen) atoms. The van der Waals surface area contributed by atoms with Crippen LogP contribution in [0.1, 0.15) is 36.0 Å². The lowest BCUT2D eigenvalue weighted by Gasteiger charge is -2.29. The standard InChI is InChI=1S/C15H17F2NO4/c16-15(17)7-1-2-11(8-15)18-14(21)10-3-5-12(6-4-10)22-9-13(19)20/h3-6,11H,1-2,7-9H2,(H,18,21)(H,19,20). The van der Waals surface area contributed by atoms with Gasteiger partial charge < -0.3 is 15.2 Å². The number of rotatable bonds is 5. The predicted octanol–water partition coefficient (Wildman–Crippen LogP) is 2.46. The van der Waals surface area contributed by atoms with E-state index in [9.17, 15) is 18.4 Å². The summed E-state index contributed by atoms with van der Waals surface area (Å²) in [6.45, 7) is -0.470. The van der Waals surface area contributed by atoms with Gasteiger partial charge in [-0.05, 0) is 37.1 Å². The molecule has 5 nitrogen and oxygen atoms in total. The summed E-state index contributed by atoms with van der Waals surface area (Å²) in [6, 6.07) is 5.33. The summed E-state index contributed by atoms with van der Waals surface area (Å²) in [4.78, 5) is 22.4. The van der Waals surface area contributed by atoms with E-state index in [4.69, 9.17) is 9.84 Å². The Morgan fingerprint density at radius 2 is 2.00 bits per heavy atom. The largest absolute Gasteiger partial charge is 0.482 e. The molecule has 0 radical (unpaired) electrons. The zero-order chi connectivity index (χ0) is 16.2. The van der Waals surface area contributed by atoms with Crippen LogP contribution in [0.15, 0.2) is 24.3 Å². The first kappa shape index (κ1) is 16.2. The van der Waals surface area contributed by atoms with Crippen molar-refractivity contribution in [2.45, 2.75) is 37.6 Å². The van der Waals surface area contributed by atoms with Gasteiger partial charge >= 0.3 is 5.97 Å². The highest BCUT2D eigenvalue weighted by Gasteiger charge is 2.36. The summed E-state index contributed by atoms with van der Waals surface area (Å²) in [6.07, 6.45) is 0.467. The summed E-state index contributed by atoms with van der Waals surface area (Å²) >= 11 is 0. The van der Waals surface area contributed by atoms with Crippen molar-refractivity contribution in [3.8, 4) is 5.75 Å². The Labute approximate surface area is 126 Å². The lowest BCUT2D eigenvalue weighted by molar-refractivity contribution is -0.139. The van der Waals surface area contributed by atoms with Crippen LogP contribution < -0.4 is 10.1 Å². The number of carboxylic acid groups (broad SMARTS) is 1. The molecular formula is C15H17F2NO4. The van der Waals surface area contributed by atoms with Gasteiger partial charge in [0, 0.05) is 24.4 Å². The number of halogens is 2. The Kier molecular flexibility index (Phi) is 4.95. The van der Waals surface area contributed by atoms with Crippen molar-refractivity contribution in [3.63, 3.8) is 0 Å². The molecule has 120 valence electrons. The van der Waals surface area contributed by atoms with E-state index in [1.54, 1.807) is 0 Å². The number of aliphatic carboxylic acids is 1. The van der Waals surface area contributed by atoms with E-state index >= 15 is 0 Å². The number of alkyl halides is 2. The zero-order valence-corrected chi connectivity index (χ0v) is 11.9. The maximum atomic E-state index is 13.3. The van der Waals surface area contributed by atoms with Crippen molar-refractivity contribution in [2.24, 2.45) is 0 Å². The van der Waals surface area contributed by atoms with Gasteiger partial charge in [0.1, 0.15) is 5.75 Å². The first-order valence-corrected chi connectivity index (χ1v) is 6.99. The van der Waals surface area contributed by atoms with Crippen molar-refractivity contribution < 1.29 is 28.2 Å². The lowest BCUT2D eigenvalue weighted by Crippen LogP contribution is -2.42. The van der Waals surface area contributed by atoms with Crippen molar-refractivity contribution in [2.75, 3.05) is 6.61 Å². The molecule has 0 spiro atoms. The van der Waals surface area contributed by atoms with E-state index in [2.05, 4.69) is 5.32 Å². The van der Waals surface area contributed by atoms with E-state index in [-0.39, 0.29) is 12.8 Å². The van der Waals surface area contributed by atoms with Gasteiger partial charge in [0.05, 0.1) is 0 Å². The maximum Gasteiger partial charge on any atom is 0.341 e. The number of carboxylic acids is 1. The Morgan fingerprint density at radius 1 is 1.32 bits per heavy atom. The van der Waals surface area contributed by atoms with Crippen LogP contribution in [0.3, 0.4) is 0 Å². The van der Waals surface area contributed by atoms with Crippen LogP contribution in [0.25, 0.3) is 0 Å². The molecule has 1 saturated carbocycles. The highest BCUT2D eigenvalue weighted by Crippen LogP contribution is 2.33. The van der Waals surface area contributed by atoms with Gasteiger partial charge in [-0.2, -0.15) is 0 Å². The number of amides is 1. The average Bonchev–Trinajstić information content (AvgIpc) is 2.44.